The van der Waals surface area contributed by atoms with E-state index in [1.165, 1.54) is 0 Å². The van der Waals surface area contributed by atoms with E-state index < -0.39 is 6.09 Å². The van der Waals surface area contributed by atoms with E-state index in [1.54, 1.807) is 24.4 Å². The number of aryl methyl sites for hydroxylation is 1. The van der Waals surface area contributed by atoms with Crippen molar-refractivity contribution in [3.8, 4) is 5.75 Å². The molecule has 0 radical (unpaired) electrons. The highest BCUT2D eigenvalue weighted by Crippen LogP contribution is 2.23. The van der Waals surface area contributed by atoms with Gasteiger partial charge in [0.1, 0.15) is 5.75 Å². The SMILES string of the molecule is Cc1cc2nnccc2cc1OC(N)=O. The van der Waals surface area contributed by atoms with E-state index in [-0.39, 0.29) is 0 Å². The molecule has 0 saturated heterocycles. The van der Waals surface area contributed by atoms with Crippen molar-refractivity contribution in [2.45, 2.75) is 6.92 Å². The van der Waals surface area contributed by atoms with Gasteiger partial charge >= 0.3 is 6.09 Å². The second-order valence-corrected chi connectivity index (χ2v) is 3.13. The first-order valence-electron chi connectivity index (χ1n) is 4.36. The highest BCUT2D eigenvalue weighted by atomic mass is 16.5. The van der Waals surface area contributed by atoms with Gasteiger partial charge in [0.25, 0.3) is 0 Å². The Hall–Kier alpha value is -2.17. The first kappa shape index (κ1) is 9.39. The van der Waals surface area contributed by atoms with E-state index in [2.05, 4.69) is 10.2 Å². The van der Waals surface area contributed by atoms with Gasteiger partial charge in [0.05, 0.1) is 11.7 Å². The fourth-order valence-electron chi connectivity index (χ4n) is 1.34. The number of ether oxygens (including phenoxy) is 1. The molecule has 1 heterocycles. The minimum atomic E-state index is -0.820. The Kier molecular flexibility index (Phi) is 2.21. The van der Waals surface area contributed by atoms with Gasteiger partial charge in [0.2, 0.25) is 0 Å². The molecule has 0 spiro atoms. The molecule has 2 N–H and O–H groups in total. The molecule has 0 unspecified atom stereocenters. The average Bonchev–Trinajstić information content (AvgIpc) is 2.18. The Labute approximate surface area is 85.9 Å². The van der Waals surface area contributed by atoms with E-state index in [9.17, 15) is 4.79 Å². The largest absolute Gasteiger partial charge is 0.410 e. The fraction of sp³-hybridized carbons (Fsp3) is 0.100. The molecule has 1 amide bonds. The molecular formula is C10H9N3O2. The summed E-state index contributed by atoms with van der Waals surface area (Å²) in [5.74, 6) is 0.447. The van der Waals surface area contributed by atoms with Crippen LogP contribution in [0.2, 0.25) is 0 Å². The van der Waals surface area contributed by atoms with Crippen molar-refractivity contribution in [2.75, 3.05) is 0 Å². The lowest BCUT2D eigenvalue weighted by Gasteiger charge is -2.05. The number of hydrogen-bond acceptors (Lipinski definition) is 4. The number of rotatable bonds is 1. The van der Waals surface area contributed by atoms with Gasteiger partial charge in [-0.1, -0.05) is 0 Å². The van der Waals surface area contributed by atoms with Gasteiger partial charge in [-0.15, -0.1) is 0 Å². The molecule has 76 valence electrons. The second kappa shape index (κ2) is 3.53. The Bertz CT molecular complexity index is 525. The molecule has 2 rings (SSSR count). The molecule has 2 aromatic rings. The molecule has 0 aliphatic heterocycles. The summed E-state index contributed by atoms with van der Waals surface area (Å²) < 4.78 is 4.84. The topological polar surface area (TPSA) is 78.1 Å². The molecular weight excluding hydrogens is 194 g/mol. The molecule has 5 nitrogen and oxygen atoms in total. The number of aromatic nitrogens is 2. The number of benzene rings is 1. The van der Waals surface area contributed by atoms with Crippen LogP contribution in [0.3, 0.4) is 0 Å². The van der Waals surface area contributed by atoms with Crippen LogP contribution < -0.4 is 10.5 Å². The zero-order valence-corrected chi connectivity index (χ0v) is 8.10. The minimum Gasteiger partial charge on any atom is -0.410 e. The molecule has 1 aromatic heterocycles. The first-order chi connectivity index (χ1) is 7.16. The number of nitrogens with zero attached hydrogens (tertiary/aromatic N) is 2. The third-order valence-corrected chi connectivity index (χ3v) is 2.02. The van der Waals surface area contributed by atoms with Crippen LogP contribution in [0, 0.1) is 6.92 Å². The Morgan fingerprint density at radius 2 is 2.27 bits per heavy atom. The molecule has 1 aromatic carbocycles. The summed E-state index contributed by atoms with van der Waals surface area (Å²) in [7, 11) is 0. The summed E-state index contributed by atoms with van der Waals surface area (Å²) in [5.41, 5.74) is 6.50. The predicted molar refractivity (Wildman–Crippen MR) is 54.5 cm³/mol. The normalized spacial score (nSPS) is 10.2. The van der Waals surface area contributed by atoms with E-state index in [4.69, 9.17) is 10.5 Å². The number of hydrogen-bond donors (Lipinski definition) is 1. The van der Waals surface area contributed by atoms with Gasteiger partial charge in [-0.2, -0.15) is 10.2 Å². The van der Waals surface area contributed by atoms with Crippen molar-refractivity contribution in [3.05, 3.63) is 30.0 Å². The summed E-state index contributed by atoms with van der Waals surface area (Å²) in [5, 5.41) is 8.56. The van der Waals surface area contributed by atoms with E-state index in [0.717, 1.165) is 16.5 Å². The summed E-state index contributed by atoms with van der Waals surface area (Å²) in [6.07, 6.45) is 0.755. The number of primary amides is 1. The van der Waals surface area contributed by atoms with Crippen molar-refractivity contribution in [2.24, 2.45) is 5.73 Å². The third-order valence-electron chi connectivity index (χ3n) is 2.02. The maximum atomic E-state index is 10.6. The van der Waals surface area contributed by atoms with Crippen molar-refractivity contribution < 1.29 is 9.53 Å². The lowest BCUT2D eigenvalue weighted by Crippen LogP contribution is -2.16. The van der Waals surface area contributed by atoms with Crippen LogP contribution in [0.25, 0.3) is 10.9 Å². The van der Waals surface area contributed by atoms with Crippen molar-refractivity contribution in [1.29, 1.82) is 0 Å². The summed E-state index contributed by atoms with van der Waals surface area (Å²) in [6, 6.07) is 5.29. The van der Waals surface area contributed by atoms with E-state index in [0.29, 0.717) is 5.75 Å². The number of fused-ring (bicyclic) bond motifs is 1. The molecule has 0 fully saturated rings. The molecule has 0 saturated carbocycles. The van der Waals surface area contributed by atoms with Gasteiger partial charge in [0.15, 0.2) is 0 Å². The monoisotopic (exact) mass is 203 g/mol. The first-order valence-corrected chi connectivity index (χ1v) is 4.36. The van der Waals surface area contributed by atoms with Gasteiger partial charge in [-0.05, 0) is 30.7 Å². The summed E-state index contributed by atoms with van der Waals surface area (Å²) in [6.45, 7) is 1.81. The number of nitrogens with two attached hydrogens (primary N) is 1. The smallest absolute Gasteiger partial charge is 0.409 e. The lowest BCUT2D eigenvalue weighted by molar-refractivity contribution is 0.210. The average molecular weight is 203 g/mol. The van der Waals surface area contributed by atoms with Crippen LogP contribution in [0.4, 0.5) is 4.79 Å². The highest BCUT2D eigenvalue weighted by molar-refractivity contribution is 5.81. The van der Waals surface area contributed by atoms with Crippen LogP contribution >= 0.6 is 0 Å². The van der Waals surface area contributed by atoms with E-state index >= 15 is 0 Å². The Morgan fingerprint density at radius 3 is 3.00 bits per heavy atom. The third kappa shape index (κ3) is 1.85. The minimum absolute atomic E-state index is 0.447. The van der Waals surface area contributed by atoms with Crippen LogP contribution in [0.15, 0.2) is 24.4 Å². The number of amides is 1. The second-order valence-electron chi connectivity index (χ2n) is 3.13. The standard InChI is InChI=1S/C10H9N3O2/c1-6-4-8-7(2-3-12-13-8)5-9(6)15-10(11)14/h2-5H,1H3,(H2,11,14). The maximum Gasteiger partial charge on any atom is 0.409 e. The van der Waals surface area contributed by atoms with Crippen molar-refractivity contribution in [1.82, 2.24) is 10.2 Å². The van der Waals surface area contributed by atoms with Gasteiger partial charge in [0, 0.05) is 5.39 Å². The van der Waals surface area contributed by atoms with E-state index in [1.807, 2.05) is 6.92 Å². The van der Waals surface area contributed by atoms with Crippen LogP contribution in [-0.4, -0.2) is 16.3 Å². The van der Waals surface area contributed by atoms with Crippen LogP contribution in [-0.2, 0) is 0 Å². The van der Waals surface area contributed by atoms with Gasteiger partial charge in [-0.3, -0.25) is 0 Å². The lowest BCUT2D eigenvalue weighted by atomic mass is 10.1. The highest BCUT2D eigenvalue weighted by Gasteiger charge is 2.05. The van der Waals surface area contributed by atoms with Crippen LogP contribution in [0.5, 0.6) is 5.75 Å². The molecule has 0 bridgehead atoms. The summed E-state index contributed by atoms with van der Waals surface area (Å²) >= 11 is 0. The van der Waals surface area contributed by atoms with Crippen molar-refractivity contribution in [3.63, 3.8) is 0 Å². The Morgan fingerprint density at radius 1 is 1.47 bits per heavy atom. The van der Waals surface area contributed by atoms with Crippen molar-refractivity contribution >= 4 is 17.0 Å². The summed E-state index contributed by atoms with van der Waals surface area (Å²) in [4.78, 5) is 10.6. The molecule has 0 atom stereocenters. The number of carbonyl (C=O) groups excluding carboxylic acids is 1. The van der Waals surface area contributed by atoms with Gasteiger partial charge < -0.3 is 10.5 Å². The molecule has 0 aliphatic rings. The number of carbonyl (C=O) groups is 1. The fourth-order valence-corrected chi connectivity index (χ4v) is 1.34. The zero-order chi connectivity index (χ0) is 10.8. The Balaban J connectivity index is 2.56. The zero-order valence-electron chi connectivity index (χ0n) is 8.10. The van der Waals surface area contributed by atoms with Gasteiger partial charge in [-0.25, -0.2) is 4.79 Å². The molecule has 0 aliphatic carbocycles. The molecule has 15 heavy (non-hydrogen) atoms. The maximum absolute atomic E-state index is 10.6. The van der Waals surface area contributed by atoms with Crippen LogP contribution in [0.1, 0.15) is 5.56 Å². The quantitative estimate of drug-likeness (QED) is 0.759. The molecule has 5 heteroatoms. The predicted octanol–water partition coefficient (Wildman–Crippen LogP) is 1.40.